The quantitative estimate of drug-likeness (QED) is 0.830. The van der Waals surface area contributed by atoms with Crippen LogP contribution in [-0.4, -0.2) is 48.8 Å². The molecule has 0 bridgehead atoms. The number of halogens is 1. The van der Waals surface area contributed by atoms with Gasteiger partial charge in [0.25, 0.3) is 5.91 Å². The minimum Gasteiger partial charge on any atom is -0.496 e. The van der Waals surface area contributed by atoms with Crippen molar-refractivity contribution in [3.8, 4) is 5.75 Å². The van der Waals surface area contributed by atoms with Gasteiger partial charge in [-0.2, -0.15) is 0 Å². The van der Waals surface area contributed by atoms with Crippen molar-refractivity contribution in [2.45, 2.75) is 36.9 Å². The van der Waals surface area contributed by atoms with Crippen molar-refractivity contribution in [3.05, 3.63) is 53.6 Å². The standard InChI is InChI=1S/C21H22FN3O3/c1-27-18-3-2-14(22)8-13(18)10-21(5-6-21)24-20(26)16-9-15(4-7-23-16)25-11-19-17(25)12-28-19/h2-4,7-9,17,19H,5-6,10-12H2,1H3,(H,24,26). The lowest BCUT2D eigenvalue weighted by Gasteiger charge is -2.56. The summed E-state index contributed by atoms with van der Waals surface area (Å²) in [5, 5.41) is 3.12. The van der Waals surface area contributed by atoms with E-state index >= 15 is 0 Å². The molecule has 28 heavy (non-hydrogen) atoms. The molecule has 5 rings (SSSR count). The summed E-state index contributed by atoms with van der Waals surface area (Å²) >= 11 is 0. The normalized spacial score (nSPS) is 23.9. The first-order valence-corrected chi connectivity index (χ1v) is 9.56. The van der Waals surface area contributed by atoms with Gasteiger partial charge in [-0.15, -0.1) is 0 Å². The van der Waals surface area contributed by atoms with Crippen LogP contribution in [-0.2, 0) is 11.2 Å². The monoisotopic (exact) mass is 383 g/mol. The average molecular weight is 383 g/mol. The Balaban J connectivity index is 1.30. The van der Waals surface area contributed by atoms with E-state index in [0.29, 0.717) is 30.0 Å². The number of benzene rings is 1. The fourth-order valence-corrected chi connectivity index (χ4v) is 4.05. The van der Waals surface area contributed by atoms with Crippen LogP contribution in [0.5, 0.6) is 5.75 Å². The second-order valence-electron chi connectivity index (χ2n) is 7.86. The van der Waals surface area contributed by atoms with E-state index in [1.807, 2.05) is 12.1 Å². The molecule has 1 N–H and O–H groups in total. The summed E-state index contributed by atoms with van der Waals surface area (Å²) in [6.45, 7) is 1.60. The predicted octanol–water partition coefficient (Wildman–Crippen LogP) is 2.32. The molecule has 2 atom stereocenters. The second kappa shape index (κ2) is 6.44. The van der Waals surface area contributed by atoms with E-state index in [1.54, 1.807) is 19.4 Å². The Kier molecular flexibility index (Phi) is 4.01. The van der Waals surface area contributed by atoms with Crippen LogP contribution in [0.2, 0.25) is 0 Å². The van der Waals surface area contributed by atoms with E-state index in [0.717, 1.165) is 37.2 Å². The van der Waals surface area contributed by atoms with Gasteiger partial charge in [0.15, 0.2) is 0 Å². The maximum atomic E-state index is 13.7. The predicted molar refractivity (Wildman–Crippen MR) is 101 cm³/mol. The number of morpholine rings is 1. The minimum absolute atomic E-state index is 0.198. The van der Waals surface area contributed by atoms with Gasteiger partial charge in [0.1, 0.15) is 17.3 Å². The van der Waals surface area contributed by atoms with Crippen molar-refractivity contribution in [1.82, 2.24) is 10.3 Å². The highest BCUT2D eigenvalue weighted by Gasteiger charge is 2.48. The zero-order valence-electron chi connectivity index (χ0n) is 15.7. The molecule has 2 unspecified atom stereocenters. The first-order valence-electron chi connectivity index (χ1n) is 9.56. The van der Waals surface area contributed by atoms with Gasteiger partial charge in [-0.1, -0.05) is 0 Å². The number of anilines is 1. The molecule has 1 saturated carbocycles. The number of nitrogens with zero attached hydrogens (tertiary/aromatic N) is 2. The van der Waals surface area contributed by atoms with Gasteiger partial charge in [-0.05, 0) is 55.2 Å². The lowest BCUT2D eigenvalue weighted by Crippen LogP contribution is -2.70. The Morgan fingerprint density at radius 1 is 1.39 bits per heavy atom. The van der Waals surface area contributed by atoms with Gasteiger partial charge in [-0.3, -0.25) is 9.78 Å². The van der Waals surface area contributed by atoms with E-state index in [1.165, 1.54) is 12.1 Å². The Morgan fingerprint density at radius 2 is 2.25 bits per heavy atom. The second-order valence-corrected chi connectivity index (χ2v) is 7.86. The number of ether oxygens (including phenoxy) is 2. The van der Waals surface area contributed by atoms with Crippen molar-refractivity contribution in [2.75, 3.05) is 25.2 Å². The molecule has 1 aromatic heterocycles. The first-order chi connectivity index (χ1) is 13.6. The smallest absolute Gasteiger partial charge is 0.270 e. The fraction of sp³-hybridized carbons (Fsp3) is 0.429. The number of carbonyl (C=O) groups is 1. The third-order valence-electron chi connectivity index (χ3n) is 6.00. The number of methoxy groups -OCH3 is 1. The van der Waals surface area contributed by atoms with Crippen LogP contribution in [0.15, 0.2) is 36.5 Å². The molecule has 0 spiro atoms. The zero-order valence-corrected chi connectivity index (χ0v) is 15.7. The molecule has 146 valence electrons. The van der Waals surface area contributed by atoms with Gasteiger partial charge < -0.3 is 19.7 Å². The highest BCUT2D eigenvalue weighted by atomic mass is 19.1. The summed E-state index contributed by atoms with van der Waals surface area (Å²) in [7, 11) is 1.57. The van der Waals surface area contributed by atoms with Crippen molar-refractivity contribution >= 4 is 11.6 Å². The highest BCUT2D eigenvalue weighted by molar-refractivity contribution is 5.94. The van der Waals surface area contributed by atoms with Gasteiger partial charge in [0.05, 0.1) is 25.9 Å². The van der Waals surface area contributed by atoms with Gasteiger partial charge in [0.2, 0.25) is 0 Å². The van der Waals surface area contributed by atoms with E-state index < -0.39 is 0 Å². The lowest BCUT2D eigenvalue weighted by atomic mass is 9.94. The highest BCUT2D eigenvalue weighted by Crippen LogP contribution is 2.41. The van der Waals surface area contributed by atoms with Crippen LogP contribution in [0.4, 0.5) is 10.1 Å². The van der Waals surface area contributed by atoms with E-state index in [2.05, 4.69) is 15.2 Å². The van der Waals surface area contributed by atoms with Crippen LogP contribution in [0.25, 0.3) is 0 Å². The average Bonchev–Trinajstić information content (AvgIpc) is 3.43. The van der Waals surface area contributed by atoms with Crippen LogP contribution in [0.3, 0.4) is 0 Å². The Morgan fingerprint density at radius 3 is 2.89 bits per heavy atom. The van der Waals surface area contributed by atoms with Crippen molar-refractivity contribution in [2.24, 2.45) is 0 Å². The van der Waals surface area contributed by atoms with Crippen LogP contribution in [0, 0.1) is 5.82 Å². The van der Waals surface area contributed by atoms with E-state index in [9.17, 15) is 9.18 Å². The van der Waals surface area contributed by atoms with Crippen molar-refractivity contribution < 1.29 is 18.7 Å². The Labute approximate surface area is 162 Å². The number of amides is 1. The SMILES string of the molecule is COc1ccc(F)cc1CC1(NC(=O)c2cc(N3CC4OCC43)ccn2)CC1. The van der Waals surface area contributed by atoms with Gasteiger partial charge in [-0.25, -0.2) is 4.39 Å². The molecule has 0 radical (unpaired) electrons. The summed E-state index contributed by atoms with van der Waals surface area (Å²) in [5.74, 6) is 0.133. The molecule has 3 fully saturated rings. The van der Waals surface area contributed by atoms with E-state index in [-0.39, 0.29) is 17.3 Å². The molecule has 3 heterocycles. The molecule has 2 aromatic rings. The third kappa shape index (κ3) is 2.99. The fourth-order valence-electron chi connectivity index (χ4n) is 4.05. The molecule has 1 amide bonds. The number of rotatable bonds is 6. The largest absolute Gasteiger partial charge is 0.496 e. The number of hydrogen-bond donors (Lipinski definition) is 1. The lowest BCUT2D eigenvalue weighted by molar-refractivity contribution is -0.113. The maximum Gasteiger partial charge on any atom is 0.270 e. The maximum absolute atomic E-state index is 13.7. The summed E-state index contributed by atoms with van der Waals surface area (Å²) < 4.78 is 24.4. The summed E-state index contributed by atoms with van der Waals surface area (Å²) in [6, 6.07) is 8.67. The number of pyridine rings is 1. The van der Waals surface area contributed by atoms with Crippen molar-refractivity contribution in [3.63, 3.8) is 0 Å². The molecule has 1 aromatic carbocycles. The zero-order chi connectivity index (χ0) is 19.3. The van der Waals surface area contributed by atoms with Crippen molar-refractivity contribution in [1.29, 1.82) is 0 Å². The molecular formula is C21H22FN3O3. The molecule has 7 heteroatoms. The molecule has 1 aliphatic carbocycles. The Bertz CT molecular complexity index is 931. The van der Waals surface area contributed by atoms with Crippen LogP contribution in [0.1, 0.15) is 28.9 Å². The third-order valence-corrected chi connectivity index (χ3v) is 6.00. The molecule has 6 nitrogen and oxygen atoms in total. The number of carbonyl (C=O) groups excluding carboxylic acids is 1. The Hall–Kier alpha value is -2.67. The van der Waals surface area contributed by atoms with Gasteiger partial charge in [0, 0.05) is 24.0 Å². The van der Waals surface area contributed by atoms with E-state index in [4.69, 9.17) is 9.47 Å². The number of hydrogen-bond acceptors (Lipinski definition) is 5. The molecule has 2 aliphatic heterocycles. The summed E-state index contributed by atoms with van der Waals surface area (Å²) in [4.78, 5) is 19.3. The van der Waals surface area contributed by atoms with Crippen LogP contribution >= 0.6 is 0 Å². The molecule has 2 saturated heterocycles. The number of fused-ring (bicyclic) bond motifs is 1. The number of aromatic nitrogens is 1. The topological polar surface area (TPSA) is 63.7 Å². The minimum atomic E-state index is -0.362. The summed E-state index contributed by atoms with van der Waals surface area (Å²) in [5.41, 5.74) is 1.80. The first kappa shape index (κ1) is 17.4. The van der Waals surface area contributed by atoms with Crippen LogP contribution < -0.4 is 15.0 Å². The van der Waals surface area contributed by atoms with Gasteiger partial charge >= 0.3 is 0 Å². The number of nitrogens with one attached hydrogen (secondary N) is 1. The summed E-state index contributed by atoms with van der Waals surface area (Å²) in [6.07, 6.45) is 4.25. The molecular weight excluding hydrogens is 361 g/mol. The molecule has 3 aliphatic rings.